The number of nitrogens with zero attached hydrogens (tertiary/aromatic N) is 1. The molecule has 0 aliphatic rings. The fourth-order valence-corrected chi connectivity index (χ4v) is 5.12. The molecule has 1 N–H and O–H groups in total. The van der Waals surface area contributed by atoms with E-state index in [4.69, 9.17) is 11.6 Å². The van der Waals surface area contributed by atoms with Gasteiger partial charge in [-0.15, -0.1) is 0 Å². The van der Waals surface area contributed by atoms with Crippen LogP contribution in [-0.2, 0) is 23.2 Å². The molecule has 6 heteroatoms. The van der Waals surface area contributed by atoms with Crippen molar-refractivity contribution in [3.63, 3.8) is 0 Å². The van der Waals surface area contributed by atoms with Gasteiger partial charge in [0.05, 0.1) is 17.5 Å². The van der Waals surface area contributed by atoms with Gasteiger partial charge in [-0.05, 0) is 47.4 Å². The summed E-state index contributed by atoms with van der Waals surface area (Å²) >= 11 is 5.96. The van der Waals surface area contributed by atoms with Crippen molar-refractivity contribution in [2.75, 3.05) is 0 Å². The van der Waals surface area contributed by atoms with Crippen molar-refractivity contribution in [1.29, 1.82) is 0 Å². The summed E-state index contributed by atoms with van der Waals surface area (Å²) in [6.07, 6.45) is 0.631. The molecular formula is C23H24ClNO3S. The maximum atomic E-state index is 13.6. The first-order valence-electron chi connectivity index (χ1n) is 9.46. The summed E-state index contributed by atoms with van der Waals surface area (Å²) in [5.74, 6) is 0. The number of hydrogen-bond acceptors (Lipinski definition) is 3. The molecule has 1 atom stereocenters. The minimum Gasteiger partial charge on any atom is -0.392 e. The van der Waals surface area contributed by atoms with E-state index < -0.39 is 10.0 Å². The van der Waals surface area contributed by atoms with E-state index in [1.807, 2.05) is 61.5 Å². The van der Waals surface area contributed by atoms with Gasteiger partial charge >= 0.3 is 0 Å². The molecule has 29 heavy (non-hydrogen) atoms. The van der Waals surface area contributed by atoms with E-state index in [0.29, 0.717) is 11.4 Å². The second kappa shape index (κ2) is 9.55. The van der Waals surface area contributed by atoms with Gasteiger partial charge in [-0.1, -0.05) is 73.1 Å². The Morgan fingerprint density at radius 1 is 0.897 bits per heavy atom. The minimum atomic E-state index is -3.77. The fraction of sp³-hybridized carbons (Fsp3) is 0.217. The molecule has 0 aromatic heterocycles. The number of rotatable bonds is 8. The first kappa shape index (κ1) is 21.5. The monoisotopic (exact) mass is 429 g/mol. The fourth-order valence-electron chi connectivity index (χ4n) is 3.32. The maximum Gasteiger partial charge on any atom is 0.243 e. The Morgan fingerprint density at radius 2 is 1.48 bits per heavy atom. The number of aliphatic hydroxyl groups is 1. The molecular weight excluding hydrogens is 406 g/mol. The number of aliphatic hydroxyl groups excluding tert-OH is 1. The van der Waals surface area contributed by atoms with Gasteiger partial charge < -0.3 is 5.11 Å². The predicted molar refractivity (Wildman–Crippen MR) is 116 cm³/mol. The van der Waals surface area contributed by atoms with Crippen molar-refractivity contribution in [2.45, 2.75) is 37.4 Å². The summed E-state index contributed by atoms with van der Waals surface area (Å²) in [6.45, 7) is 2.16. The lowest BCUT2D eigenvalue weighted by molar-refractivity contribution is 0.281. The zero-order valence-electron chi connectivity index (χ0n) is 16.2. The number of sulfonamides is 1. The SMILES string of the molecule is CC[C@@H](c1ccccc1)N(Cc1ccc(CO)cc1)S(=O)(=O)c1ccc(Cl)cc1. The molecule has 0 heterocycles. The second-order valence-corrected chi connectivity index (χ2v) is 9.14. The molecule has 4 nitrogen and oxygen atoms in total. The quantitative estimate of drug-likeness (QED) is 0.537. The second-order valence-electron chi connectivity index (χ2n) is 6.81. The molecule has 0 saturated carbocycles. The Kier molecular flexibility index (Phi) is 7.09. The molecule has 0 aliphatic heterocycles. The van der Waals surface area contributed by atoms with Gasteiger partial charge in [0.1, 0.15) is 0 Å². The molecule has 0 amide bonds. The molecule has 0 radical (unpaired) electrons. The molecule has 152 valence electrons. The average molecular weight is 430 g/mol. The van der Waals surface area contributed by atoms with Crippen molar-refractivity contribution in [1.82, 2.24) is 4.31 Å². The Hall–Kier alpha value is -2.18. The van der Waals surface area contributed by atoms with Gasteiger partial charge in [-0.2, -0.15) is 4.31 Å². The van der Waals surface area contributed by atoms with Gasteiger partial charge in [-0.25, -0.2) is 8.42 Å². The lowest BCUT2D eigenvalue weighted by Crippen LogP contribution is -2.34. The Balaban J connectivity index is 2.05. The van der Waals surface area contributed by atoms with Crippen LogP contribution in [0.15, 0.2) is 83.8 Å². The van der Waals surface area contributed by atoms with Crippen molar-refractivity contribution in [3.05, 3.63) is 101 Å². The number of halogens is 1. The predicted octanol–water partition coefficient (Wildman–Crippen LogP) is 5.17. The molecule has 3 rings (SSSR count). The van der Waals surface area contributed by atoms with E-state index in [1.54, 1.807) is 16.4 Å². The van der Waals surface area contributed by atoms with Gasteiger partial charge in [0, 0.05) is 11.6 Å². The van der Waals surface area contributed by atoms with Gasteiger partial charge in [0.25, 0.3) is 0 Å². The third-order valence-electron chi connectivity index (χ3n) is 4.88. The first-order chi connectivity index (χ1) is 14.0. The van der Waals surface area contributed by atoms with Crippen LogP contribution in [0.25, 0.3) is 0 Å². The van der Waals surface area contributed by atoms with Crippen molar-refractivity contribution >= 4 is 21.6 Å². The topological polar surface area (TPSA) is 57.6 Å². The molecule has 3 aromatic carbocycles. The summed E-state index contributed by atoms with van der Waals surface area (Å²) in [4.78, 5) is 0.211. The molecule has 0 spiro atoms. The first-order valence-corrected chi connectivity index (χ1v) is 11.3. The Bertz CT molecular complexity index is 1020. The van der Waals surface area contributed by atoms with Crippen molar-refractivity contribution < 1.29 is 13.5 Å². The summed E-state index contributed by atoms with van der Waals surface area (Å²) in [6, 6.07) is 22.9. The summed E-state index contributed by atoms with van der Waals surface area (Å²) in [7, 11) is -3.77. The normalized spacial score (nSPS) is 12.8. The van der Waals surface area contributed by atoms with E-state index in [0.717, 1.165) is 16.7 Å². The average Bonchev–Trinajstić information content (AvgIpc) is 2.75. The third-order valence-corrected chi connectivity index (χ3v) is 7.00. The zero-order chi connectivity index (χ0) is 20.9. The van der Waals surface area contributed by atoms with E-state index in [-0.39, 0.29) is 24.1 Å². The van der Waals surface area contributed by atoms with Gasteiger partial charge in [0.15, 0.2) is 0 Å². The highest BCUT2D eigenvalue weighted by molar-refractivity contribution is 7.89. The van der Waals surface area contributed by atoms with E-state index in [1.165, 1.54) is 12.1 Å². The molecule has 0 aliphatic carbocycles. The summed E-state index contributed by atoms with van der Waals surface area (Å²) < 4.78 is 28.7. The van der Waals surface area contributed by atoms with Gasteiger partial charge in [-0.3, -0.25) is 0 Å². The lowest BCUT2D eigenvalue weighted by atomic mass is 10.0. The standard InChI is InChI=1S/C23H24ClNO3S/c1-2-23(20-6-4-3-5-7-20)25(16-18-8-10-19(17-26)11-9-18)29(27,28)22-14-12-21(24)13-15-22/h3-15,23,26H,2,16-17H2,1H3/t23-/m0/s1. The lowest BCUT2D eigenvalue weighted by Gasteiger charge is -2.31. The highest BCUT2D eigenvalue weighted by Crippen LogP contribution is 2.32. The molecule has 3 aromatic rings. The largest absolute Gasteiger partial charge is 0.392 e. The Labute approximate surface area is 177 Å². The van der Waals surface area contributed by atoms with E-state index in [9.17, 15) is 13.5 Å². The maximum absolute atomic E-state index is 13.6. The molecule has 0 bridgehead atoms. The van der Waals surface area contributed by atoms with Crippen LogP contribution in [0.1, 0.15) is 36.1 Å². The highest BCUT2D eigenvalue weighted by atomic mass is 35.5. The van der Waals surface area contributed by atoms with Crippen LogP contribution in [0.5, 0.6) is 0 Å². The van der Waals surface area contributed by atoms with Crippen molar-refractivity contribution in [2.24, 2.45) is 0 Å². The Morgan fingerprint density at radius 3 is 2.03 bits per heavy atom. The number of benzene rings is 3. The van der Waals surface area contributed by atoms with Crippen LogP contribution < -0.4 is 0 Å². The van der Waals surface area contributed by atoms with Crippen LogP contribution in [-0.4, -0.2) is 17.8 Å². The van der Waals surface area contributed by atoms with Crippen LogP contribution in [0.4, 0.5) is 0 Å². The van der Waals surface area contributed by atoms with Crippen LogP contribution >= 0.6 is 11.6 Å². The van der Waals surface area contributed by atoms with Crippen molar-refractivity contribution in [3.8, 4) is 0 Å². The van der Waals surface area contributed by atoms with Crippen LogP contribution in [0, 0.1) is 0 Å². The smallest absolute Gasteiger partial charge is 0.243 e. The molecule has 0 fully saturated rings. The van der Waals surface area contributed by atoms with E-state index in [2.05, 4.69) is 0 Å². The van der Waals surface area contributed by atoms with E-state index >= 15 is 0 Å². The third kappa shape index (κ3) is 5.06. The molecule has 0 saturated heterocycles. The highest BCUT2D eigenvalue weighted by Gasteiger charge is 2.31. The summed E-state index contributed by atoms with van der Waals surface area (Å²) in [5, 5.41) is 9.76. The van der Waals surface area contributed by atoms with Gasteiger partial charge in [0.2, 0.25) is 10.0 Å². The minimum absolute atomic E-state index is 0.0470. The summed E-state index contributed by atoms with van der Waals surface area (Å²) in [5.41, 5.74) is 2.59. The number of hydrogen-bond donors (Lipinski definition) is 1. The van der Waals surface area contributed by atoms with Crippen LogP contribution in [0.3, 0.4) is 0 Å². The zero-order valence-corrected chi connectivity index (χ0v) is 17.8. The van der Waals surface area contributed by atoms with Crippen LogP contribution in [0.2, 0.25) is 5.02 Å². The molecule has 0 unspecified atom stereocenters.